The van der Waals surface area contributed by atoms with E-state index in [0.29, 0.717) is 23.5 Å². The average molecular weight is 344 g/mol. The van der Waals surface area contributed by atoms with Gasteiger partial charge in [-0.15, -0.1) is 11.3 Å². The highest BCUT2D eigenvalue weighted by Gasteiger charge is 2.20. The average Bonchev–Trinajstić information content (AvgIpc) is 3.20. The highest BCUT2D eigenvalue weighted by molar-refractivity contribution is 7.09. The molecule has 5 nitrogen and oxygen atoms in total. The Hall–Kier alpha value is -2.12. The molecule has 0 radical (unpaired) electrons. The number of carbonyl (C=O) groups is 1. The Labute approximate surface area is 142 Å². The molecule has 3 heterocycles. The third-order valence-corrected chi connectivity index (χ3v) is 5.04. The number of thiazole rings is 1. The summed E-state index contributed by atoms with van der Waals surface area (Å²) in [6.07, 6.45) is 4.05. The molecule has 0 saturated heterocycles. The monoisotopic (exact) mass is 344 g/mol. The van der Waals surface area contributed by atoms with Crippen molar-refractivity contribution in [2.45, 2.75) is 26.3 Å². The first-order valence-electron chi connectivity index (χ1n) is 7.15. The van der Waals surface area contributed by atoms with Gasteiger partial charge in [-0.2, -0.15) is 11.3 Å². The van der Waals surface area contributed by atoms with E-state index in [2.05, 4.69) is 31.7 Å². The molecule has 7 heteroatoms. The Morgan fingerprint density at radius 1 is 1.30 bits per heavy atom. The molecule has 0 aliphatic carbocycles. The van der Waals surface area contributed by atoms with Crippen LogP contribution in [0, 0.1) is 13.8 Å². The maximum atomic E-state index is 12.6. The van der Waals surface area contributed by atoms with E-state index in [9.17, 15) is 4.79 Å². The first kappa shape index (κ1) is 15.8. The zero-order valence-corrected chi connectivity index (χ0v) is 14.4. The van der Waals surface area contributed by atoms with Crippen molar-refractivity contribution in [2.75, 3.05) is 0 Å². The van der Waals surface area contributed by atoms with Crippen LogP contribution >= 0.6 is 22.7 Å². The van der Waals surface area contributed by atoms with Crippen LogP contribution in [-0.2, 0) is 6.42 Å². The van der Waals surface area contributed by atoms with Gasteiger partial charge in [-0.1, -0.05) is 0 Å². The van der Waals surface area contributed by atoms with Crippen molar-refractivity contribution in [3.05, 3.63) is 62.3 Å². The number of amides is 1. The molecule has 1 amide bonds. The van der Waals surface area contributed by atoms with Gasteiger partial charge in [0.25, 0.3) is 5.91 Å². The molecule has 0 aromatic carbocycles. The zero-order valence-electron chi connectivity index (χ0n) is 12.8. The molecule has 0 fully saturated rings. The predicted octanol–water partition coefficient (Wildman–Crippen LogP) is 3.33. The Kier molecular flexibility index (Phi) is 4.78. The number of hydrogen-bond acceptors (Lipinski definition) is 6. The molecule has 23 heavy (non-hydrogen) atoms. The lowest BCUT2D eigenvalue weighted by atomic mass is 10.1. The van der Waals surface area contributed by atoms with Crippen LogP contribution in [0.15, 0.2) is 34.6 Å². The van der Waals surface area contributed by atoms with Crippen LogP contribution in [0.1, 0.15) is 38.5 Å². The number of carbonyl (C=O) groups excluding carboxylic acids is 1. The fourth-order valence-corrected chi connectivity index (χ4v) is 3.66. The van der Waals surface area contributed by atoms with Crippen molar-refractivity contribution in [1.29, 1.82) is 0 Å². The highest BCUT2D eigenvalue weighted by Crippen LogP contribution is 2.22. The fourth-order valence-electron chi connectivity index (χ4n) is 2.29. The summed E-state index contributed by atoms with van der Waals surface area (Å²) in [4.78, 5) is 25.3. The van der Waals surface area contributed by atoms with Crippen molar-refractivity contribution in [2.24, 2.45) is 0 Å². The number of aromatic nitrogens is 3. The van der Waals surface area contributed by atoms with Crippen LogP contribution in [0.4, 0.5) is 0 Å². The molecule has 0 spiro atoms. The largest absolute Gasteiger partial charge is 0.342 e. The summed E-state index contributed by atoms with van der Waals surface area (Å²) in [5.74, 6) is 0.492. The van der Waals surface area contributed by atoms with Gasteiger partial charge in [-0.05, 0) is 36.2 Å². The molecule has 0 bridgehead atoms. The summed E-state index contributed by atoms with van der Waals surface area (Å²) >= 11 is 3.19. The molecule has 0 unspecified atom stereocenters. The Morgan fingerprint density at radius 2 is 2.17 bits per heavy atom. The van der Waals surface area contributed by atoms with Crippen LogP contribution in [0.25, 0.3) is 0 Å². The summed E-state index contributed by atoms with van der Waals surface area (Å²) in [5, 5.41) is 10.0. The number of rotatable bonds is 5. The second-order valence-electron chi connectivity index (χ2n) is 5.15. The lowest BCUT2D eigenvalue weighted by Crippen LogP contribution is -2.30. The van der Waals surface area contributed by atoms with Gasteiger partial charge in [-0.3, -0.25) is 4.79 Å². The van der Waals surface area contributed by atoms with Gasteiger partial charge in [0.15, 0.2) is 0 Å². The Balaban J connectivity index is 1.81. The quantitative estimate of drug-likeness (QED) is 0.771. The Bertz CT molecular complexity index is 785. The van der Waals surface area contributed by atoms with Crippen molar-refractivity contribution < 1.29 is 4.79 Å². The minimum Gasteiger partial charge on any atom is -0.342 e. The van der Waals surface area contributed by atoms with E-state index in [0.717, 1.165) is 5.01 Å². The van der Waals surface area contributed by atoms with Crippen molar-refractivity contribution in [3.63, 3.8) is 0 Å². The van der Waals surface area contributed by atoms with Crippen LogP contribution in [-0.4, -0.2) is 20.9 Å². The van der Waals surface area contributed by atoms with E-state index in [4.69, 9.17) is 0 Å². The smallest absolute Gasteiger partial charge is 0.255 e. The summed E-state index contributed by atoms with van der Waals surface area (Å²) < 4.78 is 0. The van der Waals surface area contributed by atoms with Gasteiger partial charge >= 0.3 is 0 Å². The van der Waals surface area contributed by atoms with Crippen LogP contribution in [0.5, 0.6) is 0 Å². The number of thiophene rings is 1. The van der Waals surface area contributed by atoms with E-state index >= 15 is 0 Å². The first-order valence-corrected chi connectivity index (χ1v) is 8.97. The minimum absolute atomic E-state index is 0.155. The molecule has 3 aromatic rings. The van der Waals surface area contributed by atoms with Gasteiger partial charge in [0.1, 0.15) is 10.8 Å². The second-order valence-corrected chi connectivity index (χ2v) is 6.85. The molecule has 0 aliphatic rings. The standard InChI is InChI=1S/C16H16N4OS2/c1-10-13(8-18-11(2)19-10)15(21)20-14(16-17-4-6-23-16)7-12-3-5-22-9-12/h3-6,8-9,14H,7H2,1-2H3,(H,20,21)/t14-/m0/s1. The van der Waals surface area contributed by atoms with Crippen molar-refractivity contribution >= 4 is 28.6 Å². The zero-order chi connectivity index (χ0) is 16.2. The maximum Gasteiger partial charge on any atom is 0.255 e. The molecule has 1 N–H and O–H groups in total. The van der Waals surface area contributed by atoms with Gasteiger partial charge in [0, 0.05) is 24.2 Å². The normalized spacial score (nSPS) is 12.1. The van der Waals surface area contributed by atoms with E-state index < -0.39 is 0 Å². The Morgan fingerprint density at radius 3 is 2.83 bits per heavy atom. The van der Waals surface area contributed by atoms with Crippen LogP contribution < -0.4 is 5.32 Å². The van der Waals surface area contributed by atoms with E-state index in [1.54, 1.807) is 35.1 Å². The van der Waals surface area contributed by atoms with Gasteiger partial charge in [0.05, 0.1) is 17.3 Å². The minimum atomic E-state index is -0.169. The molecule has 3 aromatic heterocycles. The lowest BCUT2D eigenvalue weighted by molar-refractivity contribution is 0.0935. The molecule has 118 valence electrons. The number of nitrogens with zero attached hydrogens (tertiary/aromatic N) is 3. The summed E-state index contributed by atoms with van der Waals surface area (Å²) in [5.41, 5.74) is 2.37. The molecule has 3 rings (SSSR count). The van der Waals surface area contributed by atoms with E-state index in [1.807, 2.05) is 24.6 Å². The van der Waals surface area contributed by atoms with Crippen molar-refractivity contribution in [1.82, 2.24) is 20.3 Å². The van der Waals surface area contributed by atoms with E-state index in [1.165, 1.54) is 5.56 Å². The van der Waals surface area contributed by atoms with Crippen LogP contribution in [0.2, 0.25) is 0 Å². The molecule has 1 atom stereocenters. The SMILES string of the molecule is Cc1ncc(C(=O)N[C@@H](Cc2ccsc2)c2nccs2)c(C)n1. The van der Waals surface area contributed by atoms with Crippen LogP contribution in [0.3, 0.4) is 0 Å². The molecule has 0 saturated carbocycles. The van der Waals surface area contributed by atoms with E-state index in [-0.39, 0.29) is 11.9 Å². The summed E-state index contributed by atoms with van der Waals surface area (Å²) in [6, 6.07) is 1.91. The fraction of sp³-hybridized carbons (Fsp3) is 0.250. The van der Waals surface area contributed by atoms with Crippen molar-refractivity contribution in [3.8, 4) is 0 Å². The molecular formula is C16H16N4OS2. The second kappa shape index (κ2) is 6.97. The summed E-state index contributed by atoms with van der Waals surface area (Å²) in [7, 11) is 0. The lowest BCUT2D eigenvalue weighted by Gasteiger charge is -2.16. The third kappa shape index (κ3) is 3.80. The summed E-state index contributed by atoms with van der Waals surface area (Å²) in [6.45, 7) is 3.63. The predicted molar refractivity (Wildman–Crippen MR) is 91.9 cm³/mol. The highest BCUT2D eigenvalue weighted by atomic mass is 32.1. The number of nitrogens with one attached hydrogen (secondary N) is 1. The third-order valence-electron chi connectivity index (χ3n) is 3.42. The molecule has 0 aliphatic heterocycles. The van der Waals surface area contributed by atoms with Gasteiger partial charge in [0.2, 0.25) is 0 Å². The number of hydrogen-bond donors (Lipinski definition) is 1. The maximum absolute atomic E-state index is 12.6. The van der Waals surface area contributed by atoms with Gasteiger partial charge < -0.3 is 5.32 Å². The topological polar surface area (TPSA) is 67.8 Å². The number of aryl methyl sites for hydroxylation is 2. The van der Waals surface area contributed by atoms with Gasteiger partial charge in [-0.25, -0.2) is 15.0 Å². The molecular weight excluding hydrogens is 328 g/mol. The first-order chi connectivity index (χ1) is 11.1.